The Labute approximate surface area is 198 Å². The number of halogens is 1. The lowest BCUT2D eigenvalue weighted by atomic mass is 9.99. The third-order valence-corrected chi connectivity index (χ3v) is 5.38. The van der Waals surface area contributed by atoms with Crippen LogP contribution in [0.15, 0.2) is 47.5 Å². The molecule has 0 unspecified atom stereocenters. The predicted octanol–water partition coefficient (Wildman–Crippen LogP) is 3.59. The van der Waals surface area contributed by atoms with Crippen LogP contribution in [-0.4, -0.2) is 49.0 Å². The minimum atomic E-state index is -0.767. The molecule has 1 heterocycles. The van der Waals surface area contributed by atoms with Crippen molar-refractivity contribution in [3.63, 3.8) is 0 Å². The molecule has 3 rings (SSSR count). The molecule has 0 radical (unpaired) electrons. The summed E-state index contributed by atoms with van der Waals surface area (Å²) in [6.07, 6.45) is 0.724. The first-order valence-corrected chi connectivity index (χ1v) is 11.2. The fourth-order valence-electron chi connectivity index (χ4n) is 3.61. The van der Waals surface area contributed by atoms with Crippen LogP contribution in [0, 0.1) is 10.8 Å². The van der Waals surface area contributed by atoms with Gasteiger partial charge in [-0.2, -0.15) is 0 Å². The maximum absolute atomic E-state index is 12.4. The zero-order valence-corrected chi connectivity index (χ0v) is 19.6. The summed E-state index contributed by atoms with van der Waals surface area (Å²) < 4.78 is 5.86. The summed E-state index contributed by atoms with van der Waals surface area (Å²) in [5.41, 5.74) is 8.31. The second-order valence-corrected chi connectivity index (χ2v) is 8.07. The molecule has 1 atom stereocenters. The number of nitrogens with two attached hydrogens (primary N) is 1. The molecule has 2 aromatic rings. The average Bonchev–Trinajstić information content (AvgIpc) is 2.89. The summed E-state index contributed by atoms with van der Waals surface area (Å²) in [5, 5.41) is 20.6. The van der Waals surface area contributed by atoms with Crippen molar-refractivity contribution < 1.29 is 9.53 Å². The van der Waals surface area contributed by atoms with Crippen LogP contribution >= 0.6 is 11.6 Å². The summed E-state index contributed by atoms with van der Waals surface area (Å²) in [5.74, 6) is 0.660. The van der Waals surface area contributed by atoms with Gasteiger partial charge >= 0.3 is 0 Å². The zero-order chi connectivity index (χ0) is 24.0. The first kappa shape index (κ1) is 24.4. The van der Waals surface area contributed by atoms with Gasteiger partial charge in [0.05, 0.1) is 24.4 Å². The number of hydrogen-bond acceptors (Lipinski definition) is 6. The van der Waals surface area contributed by atoms with Crippen molar-refractivity contribution in [3.05, 3.63) is 58.6 Å². The van der Waals surface area contributed by atoms with E-state index in [1.54, 1.807) is 19.1 Å². The Morgan fingerprint density at radius 1 is 1.27 bits per heavy atom. The molecule has 0 aromatic heterocycles. The smallest absolute Gasteiger partial charge is 0.222 e. The van der Waals surface area contributed by atoms with E-state index in [0.29, 0.717) is 47.4 Å². The van der Waals surface area contributed by atoms with E-state index in [2.05, 4.69) is 5.32 Å². The van der Waals surface area contributed by atoms with E-state index in [4.69, 9.17) is 37.9 Å². The molecule has 174 valence electrons. The predicted molar refractivity (Wildman–Crippen MR) is 133 cm³/mol. The highest BCUT2D eigenvalue weighted by molar-refractivity contribution is 6.31. The number of amides is 1. The molecule has 9 heteroatoms. The van der Waals surface area contributed by atoms with Crippen molar-refractivity contribution in [2.45, 2.75) is 32.7 Å². The van der Waals surface area contributed by atoms with Crippen LogP contribution in [0.4, 0.5) is 5.69 Å². The number of aliphatic imine (C=N–C) groups is 1. The number of nitrogens with zero attached hydrogens (tertiary/aromatic N) is 2. The quantitative estimate of drug-likeness (QED) is 0.268. The molecule has 0 bridgehead atoms. The molecule has 8 nitrogen and oxygen atoms in total. The molecule has 5 N–H and O–H groups in total. The van der Waals surface area contributed by atoms with Gasteiger partial charge in [-0.3, -0.25) is 25.5 Å². The van der Waals surface area contributed by atoms with Gasteiger partial charge in [0.2, 0.25) is 5.91 Å². The molecule has 1 amide bonds. The van der Waals surface area contributed by atoms with Crippen LogP contribution in [0.1, 0.15) is 37.8 Å². The fraction of sp³-hybridized carbons (Fsp3) is 0.333. The Morgan fingerprint density at radius 3 is 2.64 bits per heavy atom. The van der Waals surface area contributed by atoms with E-state index in [0.717, 1.165) is 12.0 Å². The van der Waals surface area contributed by atoms with Crippen molar-refractivity contribution in [1.29, 1.82) is 10.8 Å². The average molecular weight is 469 g/mol. The van der Waals surface area contributed by atoms with E-state index in [1.807, 2.05) is 37.3 Å². The van der Waals surface area contributed by atoms with E-state index >= 15 is 0 Å². The van der Waals surface area contributed by atoms with Gasteiger partial charge in [-0.25, -0.2) is 0 Å². The minimum Gasteiger partial charge on any atom is -0.494 e. The number of benzene rings is 2. The molecule has 0 saturated carbocycles. The third-order valence-electron chi connectivity index (χ3n) is 5.13. The molecular weight excluding hydrogens is 440 g/mol. The Kier molecular flexibility index (Phi) is 8.19. The molecule has 1 aliphatic heterocycles. The fourth-order valence-corrected chi connectivity index (χ4v) is 3.74. The maximum Gasteiger partial charge on any atom is 0.222 e. The van der Waals surface area contributed by atoms with Crippen molar-refractivity contribution in [2.75, 3.05) is 24.6 Å². The first-order chi connectivity index (χ1) is 15.8. The Morgan fingerprint density at radius 2 is 2.00 bits per heavy atom. The number of nitrogens with one attached hydrogen (secondary N) is 3. The number of benzodiazepines with no additional fused rings is 1. The standard InChI is InChI=1S/C24H29ClN6O2/c1-3-29-22(32)14-20-24(28)31(15(2)27)21-10-9-18(33-12-4-11-26)13-19(21)23(30-20)16-5-7-17(25)8-6-16/h5-10,13,20,27-28H,3-4,11-12,14,26H2,1-2H3,(H,29,32)/t20-/m0/s1. The third kappa shape index (κ3) is 5.77. The highest BCUT2D eigenvalue weighted by atomic mass is 35.5. The first-order valence-electron chi connectivity index (χ1n) is 10.9. The van der Waals surface area contributed by atoms with Gasteiger partial charge in [0, 0.05) is 22.7 Å². The van der Waals surface area contributed by atoms with Crippen molar-refractivity contribution >= 4 is 40.6 Å². The van der Waals surface area contributed by atoms with E-state index in [-0.39, 0.29) is 24.0 Å². The molecule has 0 fully saturated rings. The van der Waals surface area contributed by atoms with Crippen LogP contribution in [-0.2, 0) is 4.79 Å². The van der Waals surface area contributed by atoms with E-state index in [9.17, 15) is 4.79 Å². The summed E-state index contributed by atoms with van der Waals surface area (Å²) in [6.45, 7) is 4.95. The zero-order valence-electron chi connectivity index (χ0n) is 18.8. The summed E-state index contributed by atoms with van der Waals surface area (Å²) in [7, 11) is 0. The highest BCUT2D eigenvalue weighted by Crippen LogP contribution is 2.33. The van der Waals surface area contributed by atoms with Crippen LogP contribution in [0.3, 0.4) is 0 Å². The summed E-state index contributed by atoms with van der Waals surface area (Å²) in [6, 6.07) is 12.0. The van der Waals surface area contributed by atoms with Crippen molar-refractivity contribution in [3.8, 4) is 5.75 Å². The number of ether oxygens (including phenoxy) is 1. The summed E-state index contributed by atoms with van der Waals surface area (Å²) in [4.78, 5) is 18.8. The topological polar surface area (TPSA) is 128 Å². The van der Waals surface area contributed by atoms with Crippen LogP contribution in [0.25, 0.3) is 0 Å². The second-order valence-electron chi connectivity index (χ2n) is 7.63. The second kappa shape index (κ2) is 11.1. The lowest BCUT2D eigenvalue weighted by Gasteiger charge is -2.26. The molecule has 1 aliphatic rings. The van der Waals surface area contributed by atoms with Gasteiger partial charge in [0.25, 0.3) is 0 Å². The van der Waals surface area contributed by atoms with Gasteiger partial charge in [-0.15, -0.1) is 0 Å². The van der Waals surface area contributed by atoms with Gasteiger partial charge < -0.3 is 15.8 Å². The number of hydrogen-bond donors (Lipinski definition) is 4. The van der Waals surface area contributed by atoms with Gasteiger partial charge in [0.1, 0.15) is 23.5 Å². The molecule has 2 aromatic carbocycles. The number of anilines is 1. The Bertz CT molecular complexity index is 1070. The largest absolute Gasteiger partial charge is 0.494 e. The van der Waals surface area contributed by atoms with Crippen LogP contribution in [0.2, 0.25) is 5.02 Å². The monoisotopic (exact) mass is 468 g/mol. The molecule has 0 spiro atoms. The number of carbonyl (C=O) groups excluding carboxylic acids is 1. The lowest BCUT2D eigenvalue weighted by molar-refractivity contribution is -0.121. The molecule has 0 saturated heterocycles. The molecule has 0 aliphatic carbocycles. The molecular formula is C24H29ClN6O2. The SMILES string of the molecule is CCNC(=O)C[C@@H]1N=C(c2ccc(Cl)cc2)c2cc(OCCCN)ccc2N(C(C)=N)C1=N. The number of rotatable bonds is 8. The lowest BCUT2D eigenvalue weighted by Crippen LogP contribution is -2.42. The summed E-state index contributed by atoms with van der Waals surface area (Å²) >= 11 is 6.11. The number of amidine groups is 2. The Hall–Kier alpha value is -3.23. The van der Waals surface area contributed by atoms with Gasteiger partial charge in [-0.1, -0.05) is 23.7 Å². The highest BCUT2D eigenvalue weighted by Gasteiger charge is 2.32. The molecule has 33 heavy (non-hydrogen) atoms. The van der Waals surface area contributed by atoms with Crippen molar-refractivity contribution in [2.24, 2.45) is 10.7 Å². The van der Waals surface area contributed by atoms with E-state index in [1.165, 1.54) is 4.90 Å². The minimum absolute atomic E-state index is 0.00138. The van der Waals surface area contributed by atoms with Gasteiger partial charge in [-0.05, 0) is 57.1 Å². The normalized spacial score (nSPS) is 15.4. The maximum atomic E-state index is 12.4. The number of carbonyl (C=O) groups is 1. The van der Waals surface area contributed by atoms with E-state index < -0.39 is 6.04 Å². The van der Waals surface area contributed by atoms with Gasteiger partial charge in [0.15, 0.2) is 0 Å². The van der Waals surface area contributed by atoms with Crippen LogP contribution < -0.4 is 20.7 Å². The van der Waals surface area contributed by atoms with Crippen LogP contribution in [0.5, 0.6) is 5.75 Å². The number of fused-ring (bicyclic) bond motifs is 1. The van der Waals surface area contributed by atoms with Crippen molar-refractivity contribution in [1.82, 2.24) is 5.32 Å². The Balaban J connectivity index is 2.17.